The number of carbonyl (C=O) groups is 1. The fourth-order valence-electron chi connectivity index (χ4n) is 3.34. The molecule has 1 fully saturated rings. The number of halogens is 1. The highest BCUT2D eigenvalue weighted by molar-refractivity contribution is 6.31. The molecule has 6 heteroatoms. The standard InChI is InChI=1S/C18H21ClN4O/c1-12-4-2-9-23(16(12)11-20)18(24)15-10-13(19)5-6-14(15)17-21-7-3-8-22-17/h3,5-8,10,12,16H,2,4,9,11,20H2,1H3/t12-,16?/m1/s1. The van der Waals surface area contributed by atoms with Gasteiger partial charge in [-0.15, -0.1) is 0 Å². The number of hydrogen-bond donors (Lipinski definition) is 1. The van der Waals surface area contributed by atoms with E-state index in [1.165, 1.54) is 0 Å². The van der Waals surface area contributed by atoms with Crippen molar-refractivity contribution in [3.05, 3.63) is 47.2 Å². The van der Waals surface area contributed by atoms with E-state index < -0.39 is 0 Å². The lowest BCUT2D eigenvalue weighted by atomic mass is 9.90. The first-order valence-corrected chi connectivity index (χ1v) is 8.57. The normalized spacial score (nSPS) is 20.9. The highest BCUT2D eigenvalue weighted by Crippen LogP contribution is 2.29. The third kappa shape index (κ3) is 3.28. The SMILES string of the molecule is C[C@@H]1CCCN(C(=O)c2cc(Cl)ccc2-c2ncccn2)C1CN. The molecule has 0 bridgehead atoms. The number of benzene rings is 1. The van der Waals surface area contributed by atoms with E-state index in [2.05, 4.69) is 16.9 Å². The summed E-state index contributed by atoms with van der Waals surface area (Å²) in [5.74, 6) is 0.858. The molecule has 2 heterocycles. The lowest BCUT2D eigenvalue weighted by Crippen LogP contribution is -2.51. The molecule has 0 radical (unpaired) electrons. The van der Waals surface area contributed by atoms with E-state index >= 15 is 0 Å². The van der Waals surface area contributed by atoms with Gasteiger partial charge in [0.2, 0.25) is 0 Å². The number of hydrogen-bond acceptors (Lipinski definition) is 4. The Kier molecular flexibility index (Phi) is 5.11. The summed E-state index contributed by atoms with van der Waals surface area (Å²) in [5, 5.41) is 0.521. The van der Waals surface area contributed by atoms with Gasteiger partial charge in [-0.2, -0.15) is 0 Å². The first-order valence-electron chi connectivity index (χ1n) is 8.19. The van der Waals surface area contributed by atoms with E-state index in [1.54, 1.807) is 36.7 Å². The van der Waals surface area contributed by atoms with Gasteiger partial charge in [0.15, 0.2) is 5.82 Å². The topological polar surface area (TPSA) is 72.1 Å². The summed E-state index contributed by atoms with van der Waals surface area (Å²) in [6.45, 7) is 3.33. The monoisotopic (exact) mass is 344 g/mol. The zero-order valence-electron chi connectivity index (χ0n) is 13.7. The van der Waals surface area contributed by atoms with Crippen LogP contribution >= 0.6 is 11.6 Å². The van der Waals surface area contributed by atoms with E-state index in [1.807, 2.05) is 4.90 Å². The van der Waals surface area contributed by atoms with Crippen molar-refractivity contribution < 1.29 is 4.79 Å². The van der Waals surface area contributed by atoms with Crippen LogP contribution in [0.3, 0.4) is 0 Å². The molecule has 0 spiro atoms. The lowest BCUT2D eigenvalue weighted by Gasteiger charge is -2.39. The fourth-order valence-corrected chi connectivity index (χ4v) is 3.51. The van der Waals surface area contributed by atoms with E-state index in [9.17, 15) is 4.79 Å². The van der Waals surface area contributed by atoms with Crippen LogP contribution in [-0.4, -0.2) is 39.9 Å². The Balaban J connectivity index is 2.02. The second kappa shape index (κ2) is 7.28. The van der Waals surface area contributed by atoms with Gasteiger partial charge in [0.05, 0.1) is 5.56 Å². The smallest absolute Gasteiger partial charge is 0.254 e. The van der Waals surface area contributed by atoms with Crippen molar-refractivity contribution >= 4 is 17.5 Å². The van der Waals surface area contributed by atoms with Gasteiger partial charge in [-0.05, 0) is 43.0 Å². The maximum atomic E-state index is 13.2. The highest BCUT2D eigenvalue weighted by Gasteiger charge is 2.32. The minimum Gasteiger partial charge on any atom is -0.334 e. The molecule has 1 saturated heterocycles. The third-order valence-corrected chi connectivity index (χ3v) is 4.87. The fraction of sp³-hybridized carbons (Fsp3) is 0.389. The maximum absolute atomic E-state index is 13.2. The quantitative estimate of drug-likeness (QED) is 0.929. The van der Waals surface area contributed by atoms with Gasteiger partial charge < -0.3 is 10.6 Å². The van der Waals surface area contributed by atoms with Crippen LogP contribution in [0, 0.1) is 5.92 Å². The molecule has 2 N–H and O–H groups in total. The first-order chi connectivity index (χ1) is 11.6. The van der Waals surface area contributed by atoms with E-state index in [0.717, 1.165) is 12.8 Å². The average molecular weight is 345 g/mol. The van der Waals surface area contributed by atoms with Crippen molar-refractivity contribution in [2.24, 2.45) is 11.7 Å². The minimum atomic E-state index is -0.0537. The number of piperidine rings is 1. The van der Waals surface area contributed by atoms with E-state index in [-0.39, 0.29) is 11.9 Å². The summed E-state index contributed by atoms with van der Waals surface area (Å²) in [5.41, 5.74) is 7.16. The van der Waals surface area contributed by atoms with Gasteiger partial charge in [0.1, 0.15) is 0 Å². The summed E-state index contributed by atoms with van der Waals surface area (Å²) in [6.07, 6.45) is 5.41. The van der Waals surface area contributed by atoms with Crippen molar-refractivity contribution in [3.8, 4) is 11.4 Å². The molecule has 24 heavy (non-hydrogen) atoms. The Morgan fingerprint density at radius 1 is 1.38 bits per heavy atom. The molecule has 5 nitrogen and oxygen atoms in total. The van der Waals surface area contributed by atoms with Gasteiger partial charge in [-0.1, -0.05) is 18.5 Å². The molecular formula is C18H21ClN4O. The van der Waals surface area contributed by atoms with E-state index in [4.69, 9.17) is 17.3 Å². The molecule has 1 unspecified atom stereocenters. The molecule has 1 aromatic heterocycles. The summed E-state index contributed by atoms with van der Waals surface area (Å²) in [7, 11) is 0. The van der Waals surface area contributed by atoms with Gasteiger partial charge in [-0.25, -0.2) is 9.97 Å². The number of rotatable bonds is 3. The van der Waals surface area contributed by atoms with Gasteiger partial charge in [0, 0.05) is 42.1 Å². The van der Waals surface area contributed by atoms with Crippen molar-refractivity contribution in [2.45, 2.75) is 25.8 Å². The van der Waals surface area contributed by atoms with Crippen LogP contribution in [0.1, 0.15) is 30.1 Å². The second-order valence-corrected chi connectivity index (χ2v) is 6.62. The molecule has 3 rings (SSSR count). The van der Waals surface area contributed by atoms with Gasteiger partial charge in [0.25, 0.3) is 5.91 Å². The van der Waals surface area contributed by atoms with E-state index in [0.29, 0.717) is 41.0 Å². The summed E-state index contributed by atoms with van der Waals surface area (Å²) < 4.78 is 0. The zero-order valence-corrected chi connectivity index (χ0v) is 14.4. The average Bonchev–Trinajstić information content (AvgIpc) is 2.61. The Morgan fingerprint density at radius 2 is 2.12 bits per heavy atom. The maximum Gasteiger partial charge on any atom is 0.254 e. The van der Waals surface area contributed by atoms with Crippen molar-refractivity contribution in [2.75, 3.05) is 13.1 Å². The number of carbonyl (C=O) groups excluding carboxylic acids is 1. The number of amides is 1. The Bertz CT molecular complexity index is 722. The van der Waals surface area contributed by atoms with Crippen LogP contribution in [0.2, 0.25) is 5.02 Å². The molecule has 1 aliphatic rings. The predicted molar refractivity (Wildman–Crippen MR) is 94.8 cm³/mol. The molecule has 1 aromatic carbocycles. The van der Waals surface area contributed by atoms with Crippen molar-refractivity contribution in [1.29, 1.82) is 0 Å². The van der Waals surface area contributed by atoms with Gasteiger partial charge >= 0.3 is 0 Å². The Morgan fingerprint density at radius 3 is 2.83 bits per heavy atom. The van der Waals surface area contributed by atoms with Crippen LogP contribution in [0.5, 0.6) is 0 Å². The molecule has 1 amide bonds. The molecular weight excluding hydrogens is 324 g/mol. The molecule has 2 aromatic rings. The number of nitrogens with two attached hydrogens (primary N) is 1. The molecule has 2 atom stereocenters. The molecule has 126 valence electrons. The van der Waals surface area contributed by atoms with Crippen molar-refractivity contribution in [3.63, 3.8) is 0 Å². The van der Waals surface area contributed by atoms with Crippen LogP contribution in [0.4, 0.5) is 0 Å². The minimum absolute atomic E-state index is 0.0507. The summed E-state index contributed by atoms with van der Waals surface area (Å²) >= 11 is 6.15. The van der Waals surface area contributed by atoms with Crippen molar-refractivity contribution in [1.82, 2.24) is 14.9 Å². The van der Waals surface area contributed by atoms with Crippen LogP contribution in [0.25, 0.3) is 11.4 Å². The zero-order chi connectivity index (χ0) is 17.1. The number of likely N-dealkylation sites (tertiary alicyclic amines) is 1. The summed E-state index contributed by atoms with van der Waals surface area (Å²) in [4.78, 5) is 23.6. The lowest BCUT2D eigenvalue weighted by molar-refractivity contribution is 0.0533. The van der Waals surface area contributed by atoms with Crippen LogP contribution < -0.4 is 5.73 Å². The second-order valence-electron chi connectivity index (χ2n) is 6.18. The van der Waals surface area contributed by atoms with Crippen LogP contribution in [0.15, 0.2) is 36.7 Å². The number of nitrogens with zero attached hydrogens (tertiary/aromatic N) is 3. The Labute approximate surface area is 146 Å². The molecule has 0 saturated carbocycles. The Hall–Kier alpha value is -1.98. The summed E-state index contributed by atoms with van der Waals surface area (Å²) in [6, 6.07) is 7.05. The molecule has 1 aliphatic heterocycles. The third-order valence-electron chi connectivity index (χ3n) is 4.64. The number of aromatic nitrogens is 2. The van der Waals surface area contributed by atoms with Gasteiger partial charge in [-0.3, -0.25) is 4.79 Å². The molecule has 0 aliphatic carbocycles. The largest absolute Gasteiger partial charge is 0.334 e. The first kappa shape index (κ1) is 16.9. The predicted octanol–water partition coefficient (Wildman–Crippen LogP) is 3.00. The highest BCUT2D eigenvalue weighted by atomic mass is 35.5. The van der Waals surface area contributed by atoms with Crippen LogP contribution in [-0.2, 0) is 0 Å².